The molecule has 0 saturated carbocycles. The molecule has 1 aliphatic heterocycles. The third-order valence-electron chi connectivity index (χ3n) is 4.79. The highest BCUT2D eigenvalue weighted by Gasteiger charge is 2.24. The largest absolute Gasteiger partial charge is 0.496 e. The number of nitrogens with zero attached hydrogens (tertiary/aromatic N) is 3. The van der Waals surface area contributed by atoms with Gasteiger partial charge in [0.2, 0.25) is 0 Å². The van der Waals surface area contributed by atoms with Crippen LogP contribution in [0.4, 0.5) is 11.5 Å². The van der Waals surface area contributed by atoms with E-state index in [0.717, 1.165) is 43.9 Å². The lowest BCUT2D eigenvalue weighted by Crippen LogP contribution is -2.45. The molecule has 1 aromatic carbocycles. The van der Waals surface area contributed by atoms with Crippen molar-refractivity contribution in [3.63, 3.8) is 0 Å². The molecule has 2 heterocycles. The number of ether oxygens (including phenoxy) is 1. The highest BCUT2D eigenvalue weighted by molar-refractivity contribution is 6.33. The first-order valence-corrected chi connectivity index (χ1v) is 9.39. The van der Waals surface area contributed by atoms with E-state index in [1.165, 1.54) is 7.11 Å². The van der Waals surface area contributed by atoms with Gasteiger partial charge in [-0.1, -0.05) is 18.5 Å². The summed E-state index contributed by atoms with van der Waals surface area (Å²) in [5.41, 5.74) is 7.59. The second-order valence-corrected chi connectivity index (χ2v) is 6.94. The molecule has 8 heteroatoms. The van der Waals surface area contributed by atoms with Crippen molar-refractivity contribution in [3.8, 4) is 5.75 Å². The summed E-state index contributed by atoms with van der Waals surface area (Å²) in [6, 6.07) is 5.23. The molecule has 1 aromatic heterocycles. The van der Waals surface area contributed by atoms with Crippen LogP contribution in [-0.4, -0.2) is 42.1 Å². The van der Waals surface area contributed by atoms with Crippen LogP contribution in [0.15, 0.2) is 24.5 Å². The Morgan fingerprint density at radius 1 is 1.33 bits per heavy atom. The Morgan fingerprint density at radius 3 is 2.74 bits per heavy atom. The Labute approximate surface area is 163 Å². The van der Waals surface area contributed by atoms with Crippen molar-refractivity contribution in [2.24, 2.45) is 0 Å². The SMILES string of the molecule is CCc1cc(N2CCC(NC(=O)c3cc(Cl)c(N)cc3OC)CC2)ncn1. The Bertz CT molecular complexity index is 822. The van der Waals surface area contributed by atoms with Crippen molar-refractivity contribution in [2.45, 2.75) is 32.2 Å². The second kappa shape index (κ2) is 8.43. The number of rotatable bonds is 5. The fourth-order valence-electron chi connectivity index (χ4n) is 3.18. The summed E-state index contributed by atoms with van der Waals surface area (Å²) in [6.07, 6.45) is 4.16. The van der Waals surface area contributed by atoms with E-state index in [4.69, 9.17) is 22.1 Å². The summed E-state index contributed by atoms with van der Waals surface area (Å²) in [7, 11) is 1.50. The van der Waals surface area contributed by atoms with E-state index < -0.39 is 0 Å². The van der Waals surface area contributed by atoms with Crippen molar-refractivity contribution in [1.82, 2.24) is 15.3 Å². The van der Waals surface area contributed by atoms with E-state index in [1.807, 2.05) is 6.07 Å². The lowest BCUT2D eigenvalue weighted by Gasteiger charge is -2.33. The topological polar surface area (TPSA) is 93.4 Å². The molecule has 1 saturated heterocycles. The number of aryl methyl sites for hydroxylation is 1. The first kappa shape index (κ1) is 19.2. The van der Waals surface area contributed by atoms with E-state index >= 15 is 0 Å². The molecule has 2 aromatic rings. The molecule has 3 N–H and O–H groups in total. The van der Waals surface area contributed by atoms with E-state index in [2.05, 4.69) is 27.1 Å². The lowest BCUT2D eigenvalue weighted by molar-refractivity contribution is 0.0928. The van der Waals surface area contributed by atoms with Gasteiger partial charge in [-0.05, 0) is 25.3 Å². The van der Waals surface area contributed by atoms with Crippen LogP contribution in [0.2, 0.25) is 5.02 Å². The number of nitrogens with one attached hydrogen (secondary N) is 1. The summed E-state index contributed by atoms with van der Waals surface area (Å²) in [5, 5.41) is 3.41. The Balaban J connectivity index is 1.62. The zero-order chi connectivity index (χ0) is 19.4. The maximum absolute atomic E-state index is 12.7. The second-order valence-electron chi connectivity index (χ2n) is 6.53. The number of carbonyl (C=O) groups excluding carboxylic acids is 1. The maximum Gasteiger partial charge on any atom is 0.255 e. The van der Waals surface area contributed by atoms with Crippen LogP contribution in [0.25, 0.3) is 0 Å². The minimum absolute atomic E-state index is 0.0854. The van der Waals surface area contributed by atoms with Crippen LogP contribution in [0.5, 0.6) is 5.75 Å². The number of amides is 1. The molecular weight excluding hydrogens is 366 g/mol. The van der Waals surface area contributed by atoms with Crippen molar-refractivity contribution in [1.29, 1.82) is 0 Å². The zero-order valence-corrected chi connectivity index (χ0v) is 16.3. The molecule has 1 fully saturated rings. The normalized spacial score (nSPS) is 14.9. The van der Waals surface area contributed by atoms with Crippen molar-refractivity contribution in [3.05, 3.63) is 40.8 Å². The number of benzene rings is 1. The monoisotopic (exact) mass is 389 g/mol. The number of methoxy groups -OCH3 is 1. The van der Waals surface area contributed by atoms with Crippen molar-refractivity contribution in [2.75, 3.05) is 30.8 Å². The number of aromatic nitrogens is 2. The summed E-state index contributed by atoms with van der Waals surface area (Å²) >= 11 is 6.06. The number of carbonyl (C=O) groups is 1. The third-order valence-corrected chi connectivity index (χ3v) is 5.12. The molecule has 0 atom stereocenters. The molecular formula is C19H24ClN5O2. The van der Waals surface area contributed by atoms with Crippen LogP contribution in [0.3, 0.4) is 0 Å². The number of piperidine rings is 1. The third kappa shape index (κ3) is 4.42. The highest BCUT2D eigenvalue weighted by atomic mass is 35.5. The first-order valence-electron chi connectivity index (χ1n) is 9.01. The minimum Gasteiger partial charge on any atom is -0.496 e. The predicted octanol–water partition coefficient (Wildman–Crippen LogP) is 2.68. The molecule has 0 spiro atoms. The van der Waals surface area contributed by atoms with Crippen molar-refractivity contribution >= 4 is 29.0 Å². The van der Waals surface area contributed by atoms with Gasteiger partial charge in [-0.15, -0.1) is 0 Å². The Kier molecular flexibility index (Phi) is 6.01. The van der Waals surface area contributed by atoms with Crippen LogP contribution in [-0.2, 0) is 6.42 Å². The van der Waals surface area contributed by atoms with Crippen LogP contribution in [0, 0.1) is 0 Å². The van der Waals surface area contributed by atoms with Gasteiger partial charge in [0.15, 0.2) is 0 Å². The number of halogens is 1. The molecule has 0 aliphatic carbocycles. The van der Waals surface area contributed by atoms with E-state index in [1.54, 1.807) is 18.5 Å². The molecule has 0 unspecified atom stereocenters. The minimum atomic E-state index is -0.206. The Hall–Kier alpha value is -2.54. The molecule has 0 bridgehead atoms. The summed E-state index contributed by atoms with van der Waals surface area (Å²) < 4.78 is 5.27. The average molecular weight is 390 g/mol. The zero-order valence-electron chi connectivity index (χ0n) is 15.5. The van der Waals surface area contributed by atoms with Gasteiger partial charge < -0.3 is 20.7 Å². The fraction of sp³-hybridized carbons (Fsp3) is 0.421. The number of hydrogen-bond donors (Lipinski definition) is 2. The molecule has 7 nitrogen and oxygen atoms in total. The smallest absolute Gasteiger partial charge is 0.255 e. The summed E-state index contributed by atoms with van der Waals surface area (Å²) in [5.74, 6) is 1.15. The number of nitrogens with two attached hydrogens (primary N) is 1. The van der Waals surface area contributed by atoms with Gasteiger partial charge in [0.05, 0.1) is 23.4 Å². The number of anilines is 2. The van der Waals surface area contributed by atoms with E-state index in [-0.39, 0.29) is 11.9 Å². The summed E-state index contributed by atoms with van der Waals surface area (Å²) in [6.45, 7) is 3.72. The lowest BCUT2D eigenvalue weighted by atomic mass is 10.0. The summed E-state index contributed by atoms with van der Waals surface area (Å²) in [4.78, 5) is 23.5. The van der Waals surface area contributed by atoms with Crippen LogP contribution in [0.1, 0.15) is 35.8 Å². The Morgan fingerprint density at radius 2 is 2.07 bits per heavy atom. The molecule has 1 amide bonds. The van der Waals surface area contributed by atoms with Gasteiger partial charge in [-0.2, -0.15) is 0 Å². The van der Waals surface area contributed by atoms with Gasteiger partial charge >= 0.3 is 0 Å². The number of hydrogen-bond acceptors (Lipinski definition) is 6. The molecule has 27 heavy (non-hydrogen) atoms. The fourth-order valence-corrected chi connectivity index (χ4v) is 3.35. The standard InChI is InChI=1S/C19H24ClN5O2/c1-3-12-8-18(23-11-22-12)25-6-4-13(5-7-25)24-19(26)14-9-15(20)16(21)10-17(14)27-2/h8-11,13H,3-7,21H2,1-2H3,(H,24,26). The van der Waals surface area contributed by atoms with Crippen LogP contribution < -0.4 is 20.7 Å². The van der Waals surface area contributed by atoms with E-state index in [0.29, 0.717) is 22.0 Å². The van der Waals surface area contributed by atoms with Crippen LogP contribution >= 0.6 is 11.6 Å². The van der Waals surface area contributed by atoms with E-state index in [9.17, 15) is 4.79 Å². The van der Waals surface area contributed by atoms with Gasteiger partial charge in [0, 0.05) is 37.0 Å². The predicted molar refractivity (Wildman–Crippen MR) is 107 cm³/mol. The molecule has 1 aliphatic rings. The van der Waals surface area contributed by atoms with Gasteiger partial charge in [-0.3, -0.25) is 4.79 Å². The molecule has 0 radical (unpaired) electrons. The highest BCUT2D eigenvalue weighted by Crippen LogP contribution is 2.29. The van der Waals surface area contributed by atoms with Gasteiger partial charge in [0.1, 0.15) is 17.9 Å². The average Bonchev–Trinajstić information content (AvgIpc) is 2.70. The van der Waals surface area contributed by atoms with Gasteiger partial charge in [-0.25, -0.2) is 9.97 Å². The first-order chi connectivity index (χ1) is 13.0. The molecule has 144 valence electrons. The van der Waals surface area contributed by atoms with Gasteiger partial charge in [0.25, 0.3) is 5.91 Å². The molecule has 3 rings (SSSR count). The maximum atomic E-state index is 12.7. The number of nitrogen functional groups attached to an aromatic ring is 1. The quantitative estimate of drug-likeness (QED) is 0.763. The van der Waals surface area contributed by atoms with Crippen molar-refractivity contribution < 1.29 is 9.53 Å².